The molecule has 1 atom stereocenters. The first kappa shape index (κ1) is 21.7. The number of aryl methyl sites for hydroxylation is 2. The lowest BCUT2D eigenvalue weighted by Gasteiger charge is -2.21. The fraction of sp³-hybridized carbons (Fsp3) is 0.444. The maximum absolute atomic E-state index is 13.0. The summed E-state index contributed by atoms with van der Waals surface area (Å²) in [5.74, 6) is 1.29. The molecule has 0 N–H and O–H groups in total. The van der Waals surface area contributed by atoms with Gasteiger partial charge in [0.2, 0.25) is 11.8 Å². The van der Waals surface area contributed by atoms with Crippen LogP contribution in [0, 0.1) is 6.92 Å². The van der Waals surface area contributed by atoms with Crippen LogP contribution in [0.15, 0.2) is 48.5 Å². The fourth-order valence-electron chi connectivity index (χ4n) is 5.31. The van der Waals surface area contributed by atoms with Gasteiger partial charge in [-0.2, -0.15) is 0 Å². The van der Waals surface area contributed by atoms with Crippen molar-refractivity contribution in [3.8, 4) is 0 Å². The van der Waals surface area contributed by atoms with Crippen molar-refractivity contribution in [3.05, 3.63) is 59.9 Å². The molecule has 2 aliphatic heterocycles. The second kappa shape index (κ2) is 9.38. The van der Waals surface area contributed by atoms with Crippen LogP contribution in [-0.2, 0) is 16.1 Å². The molecule has 2 amide bonds. The van der Waals surface area contributed by atoms with E-state index in [4.69, 9.17) is 4.98 Å². The van der Waals surface area contributed by atoms with Gasteiger partial charge in [-0.3, -0.25) is 9.59 Å². The Bertz CT molecular complexity index is 1160. The van der Waals surface area contributed by atoms with Crippen molar-refractivity contribution >= 4 is 28.5 Å². The van der Waals surface area contributed by atoms with Crippen LogP contribution < -0.4 is 4.90 Å². The molecule has 2 aliphatic rings. The third-order valence-electron chi connectivity index (χ3n) is 7.09. The highest BCUT2D eigenvalue weighted by molar-refractivity contribution is 5.97. The van der Waals surface area contributed by atoms with E-state index in [-0.39, 0.29) is 17.7 Å². The second-order valence-electron chi connectivity index (χ2n) is 9.35. The first-order valence-corrected chi connectivity index (χ1v) is 12.2. The summed E-state index contributed by atoms with van der Waals surface area (Å²) < 4.78 is 2.18. The molecule has 2 fully saturated rings. The van der Waals surface area contributed by atoms with Crippen LogP contribution in [0.5, 0.6) is 0 Å². The first-order chi connectivity index (χ1) is 16.1. The number of hydrogen-bond acceptors (Lipinski definition) is 3. The molecular weight excluding hydrogens is 412 g/mol. The Balaban J connectivity index is 1.40. The Kier molecular flexibility index (Phi) is 6.16. The van der Waals surface area contributed by atoms with E-state index in [1.807, 2.05) is 59.2 Å². The Morgan fingerprint density at radius 1 is 1.00 bits per heavy atom. The highest BCUT2D eigenvalue weighted by Crippen LogP contribution is 2.34. The van der Waals surface area contributed by atoms with Crippen LogP contribution in [-0.4, -0.2) is 45.9 Å². The van der Waals surface area contributed by atoms with Gasteiger partial charge in [-0.15, -0.1) is 0 Å². The molecule has 5 rings (SSSR count). The molecule has 6 nitrogen and oxygen atoms in total. The van der Waals surface area contributed by atoms with Crippen LogP contribution in [0.3, 0.4) is 0 Å². The van der Waals surface area contributed by atoms with Crippen LogP contribution >= 0.6 is 0 Å². The molecule has 1 aromatic heterocycles. The van der Waals surface area contributed by atoms with E-state index in [1.165, 1.54) is 12.8 Å². The average molecular weight is 445 g/mol. The van der Waals surface area contributed by atoms with Crippen LogP contribution in [0.2, 0.25) is 0 Å². The number of likely N-dealkylation sites (tertiary alicyclic amines) is 1. The highest BCUT2D eigenvalue weighted by Gasteiger charge is 2.35. The van der Waals surface area contributed by atoms with Crippen molar-refractivity contribution in [1.29, 1.82) is 0 Å². The van der Waals surface area contributed by atoms with Gasteiger partial charge in [0.05, 0.1) is 11.0 Å². The van der Waals surface area contributed by atoms with E-state index >= 15 is 0 Å². The molecule has 0 bridgehead atoms. The van der Waals surface area contributed by atoms with Crippen LogP contribution in [0.4, 0.5) is 5.69 Å². The number of amides is 2. The molecule has 6 heteroatoms. The molecule has 2 aromatic carbocycles. The third-order valence-corrected chi connectivity index (χ3v) is 7.09. The number of carbonyl (C=O) groups excluding carboxylic acids is 2. The zero-order valence-corrected chi connectivity index (χ0v) is 19.4. The van der Waals surface area contributed by atoms with Crippen molar-refractivity contribution in [2.45, 2.75) is 57.9 Å². The minimum absolute atomic E-state index is 0.0118. The number of aromatic nitrogens is 2. The minimum Gasteiger partial charge on any atom is -0.343 e. The van der Waals surface area contributed by atoms with E-state index in [1.54, 1.807) is 0 Å². The largest absolute Gasteiger partial charge is 0.343 e. The monoisotopic (exact) mass is 444 g/mol. The van der Waals surface area contributed by atoms with Crippen molar-refractivity contribution in [3.63, 3.8) is 0 Å². The zero-order valence-electron chi connectivity index (χ0n) is 19.4. The standard InChI is InChI=1S/C27H32N4O2/c1-20-10-4-6-12-23(20)31-19-21(18-26(31)33)27-28-22-11-5-7-13-24(22)30(27)17-14-25(32)29-15-8-2-3-9-16-29/h4-7,10-13,21H,2-3,8-9,14-19H2,1H3. The van der Waals surface area contributed by atoms with E-state index in [0.29, 0.717) is 25.9 Å². The van der Waals surface area contributed by atoms with Gasteiger partial charge in [0.15, 0.2) is 0 Å². The number of benzene rings is 2. The number of anilines is 1. The van der Waals surface area contributed by atoms with Crippen LogP contribution in [0.1, 0.15) is 55.8 Å². The maximum atomic E-state index is 13.0. The van der Waals surface area contributed by atoms with Crippen molar-refractivity contribution in [2.24, 2.45) is 0 Å². The van der Waals surface area contributed by atoms with Gasteiger partial charge in [-0.25, -0.2) is 4.98 Å². The quantitative estimate of drug-likeness (QED) is 0.575. The number of hydrogen-bond donors (Lipinski definition) is 0. The van der Waals surface area contributed by atoms with E-state index in [0.717, 1.165) is 54.0 Å². The lowest BCUT2D eigenvalue weighted by Crippen LogP contribution is -2.32. The summed E-state index contributed by atoms with van der Waals surface area (Å²) in [7, 11) is 0. The topological polar surface area (TPSA) is 58.4 Å². The summed E-state index contributed by atoms with van der Waals surface area (Å²) in [5, 5.41) is 0. The van der Waals surface area contributed by atoms with Gasteiger partial charge >= 0.3 is 0 Å². The molecule has 0 radical (unpaired) electrons. The Labute approximate surface area is 195 Å². The Morgan fingerprint density at radius 3 is 2.52 bits per heavy atom. The Hall–Kier alpha value is -3.15. The highest BCUT2D eigenvalue weighted by atomic mass is 16.2. The van der Waals surface area contributed by atoms with Gasteiger partial charge in [-0.1, -0.05) is 43.2 Å². The number of imidazole rings is 1. The van der Waals surface area contributed by atoms with Crippen molar-refractivity contribution < 1.29 is 9.59 Å². The minimum atomic E-state index is 0.0118. The summed E-state index contributed by atoms with van der Waals surface area (Å²) in [6.45, 7) is 5.00. The fourth-order valence-corrected chi connectivity index (χ4v) is 5.31. The van der Waals surface area contributed by atoms with Crippen molar-refractivity contribution in [2.75, 3.05) is 24.5 Å². The molecule has 3 aromatic rings. The summed E-state index contributed by atoms with van der Waals surface area (Å²) in [6.07, 6.45) is 5.54. The summed E-state index contributed by atoms with van der Waals surface area (Å²) >= 11 is 0. The maximum Gasteiger partial charge on any atom is 0.227 e. The van der Waals surface area contributed by atoms with E-state index in [9.17, 15) is 9.59 Å². The first-order valence-electron chi connectivity index (χ1n) is 12.2. The van der Waals surface area contributed by atoms with Gasteiger partial charge in [0.1, 0.15) is 5.82 Å². The predicted octanol–water partition coefficient (Wildman–Crippen LogP) is 4.66. The van der Waals surface area contributed by atoms with E-state index in [2.05, 4.69) is 10.6 Å². The molecule has 33 heavy (non-hydrogen) atoms. The number of nitrogens with zero attached hydrogens (tertiary/aromatic N) is 4. The smallest absolute Gasteiger partial charge is 0.227 e. The number of rotatable bonds is 5. The average Bonchev–Trinajstić information content (AvgIpc) is 3.25. The third kappa shape index (κ3) is 4.39. The summed E-state index contributed by atoms with van der Waals surface area (Å²) in [5.41, 5.74) is 4.04. The zero-order chi connectivity index (χ0) is 22.8. The molecule has 3 heterocycles. The number of carbonyl (C=O) groups is 2. The number of para-hydroxylation sites is 3. The van der Waals surface area contributed by atoms with Gasteiger partial charge in [-0.05, 0) is 43.5 Å². The molecule has 1 unspecified atom stereocenters. The molecule has 0 aliphatic carbocycles. The predicted molar refractivity (Wildman–Crippen MR) is 130 cm³/mol. The van der Waals surface area contributed by atoms with Gasteiger partial charge < -0.3 is 14.4 Å². The van der Waals surface area contributed by atoms with Gasteiger partial charge in [0, 0.05) is 50.6 Å². The molecule has 0 saturated carbocycles. The van der Waals surface area contributed by atoms with E-state index < -0.39 is 0 Å². The molecular formula is C27H32N4O2. The Morgan fingerprint density at radius 2 is 1.73 bits per heavy atom. The van der Waals surface area contributed by atoms with Gasteiger partial charge in [0.25, 0.3) is 0 Å². The molecule has 0 spiro atoms. The molecule has 2 saturated heterocycles. The lowest BCUT2D eigenvalue weighted by molar-refractivity contribution is -0.131. The summed E-state index contributed by atoms with van der Waals surface area (Å²) in [6, 6.07) is 16.1. The second-order valence-corrected chi connectivity index (χ2v) is 9.35. The summed E-state index contributed by atoms with van der Waals surface area (Å²) in [4.78, 5) is 34.8. The lowest BCUT2D eigenvalue weighted by atomic mass is 10.1. The SMILES string of the molecule is Cc1ccccc1N1CC(c2nc3ccccc3n2CCC(=O)N2CCCCCC2)CC1=O. The van der Waals surface area contributed by atoms with Crippen LogP contribution in [0.25, 0.3) is 11.0 Å². The normalized spacial score (nSPS) is 19.3. The number of fused-ring (bicyclic) bond motifs is 1. The van der Waals surface area contributed by atoms with Crippen molar-refractivity contribution in [1.82, 2.24) is 14.5 Å². The molecule has 172 valence electrons.